The molecule has 0 spiro atoms. The highest BCUT2D eigenvalue weighted by atomic mass is 16.6. The molecule has 13 heavy (non-hydrogen) atoms. The molecule has 1 aromatic carbocycles. The minimum atomic E-state index is -0.438. The first-order valence-corrected chi connectivity index (χ1v) is 3.79. The molecule has 0 saturated carbocycles. The standard InChI is InChI=1S/C9H10N2O2/c1-2-3-7-6-8(11(12)13)4-5-9(7)10/h2,4-6H,1,3,10H2. The summed E-state index contributed by atoms with van der Waals surface area (Å²) in [4.78, 5) is 9.97. The van der Waals surface area contributed by atoms with Crippen LogP contribution < -0.4 is 5.73 Å². The molecule has 0 atom stereocenters. The van der Waals surface area contributed by atoms with Crippen LogP contribution in [-0.2, 0) is 6.42 Å². The third-order valence-corrected chi connectivity index (χ3v) is 1.70. The van der Waals surface area contributed by atoms with Gasteiger partial charge in [-0.25, -0.2) is 0 Å². The highest BCUT2D eigenvalue weighted by molar-refractivity contribution is 5.53. The van der Waals surface area contributed by atoms with E-state index in [0.29, 0.717) is 12.1 Å². The van der Waals surface area contributed by atoms with Crippen LogP contribution in [0.5, 0.6) is 0 Å². The number of nitrogen functional groups attached to an aromatic ring is 1. The fraction of sp³-hybridized carbons (Fsp3) is 0.111. The Morgan fingerprint density at radius 2 is 2.31 bits per heavy atom. The topological polar surface area (TPSA) is 69.2 Å². The summed E-state index contributed by atoms with van der Waals surface area (Å²) in [6.07, 6.45) is 2.21. The molecule has 0 bridgehead atoms. The SMILES string of the molecule is C=CCc1cc([N+](=O)[O-])ccc1N. The summed E-state index contributed by atoms with van der Waals surface area (Å²) in [5.41, 5.74) is 6.97. The van der Waals surface area contributed by atoms with Crippen LogP contribution in [0, 0.1) is 10.1 Å². The lowest BCUT2D eigenvalue weighted by Gasteiger charge is -2.01. The molecule has 0 radical (unpaired) electrons. The van der Waals surface area contributed by atoms with E-state index in [1.54, 1.807) is 6.08 Å². The summed E-state index contributed by atoms with van der Waals surface area (Å²) >= 11 is 0. The summed E-state index contributed by atoms with van der Waals surface area (Å²) < 4.78 is 0. The fourth-order valence-corrected chi connectivity index (χ4v) is 1.04. The number of allylic oxidation sites excluding steroid dienone is 1. The van der Waals surface area contributed by atoms with Crippen molar-refractivity contribution in [3.05, 3.63) is 46.5 Å². The highest BCUT2D eigenvalue weighted by Gasteiger charge is 2.07. The summed E-state index contributed by atoms with van der Waals surface area (Å²) in [5.74, 6) is 0. The molecule has 0 unspecified atom stereocenters. The number of hydrogen-bond acceptors (Lipinski definition) is 3. The van der Waals surface area contributed by atoms with Crippen molar-refractivity contribution in [2.75, 3.05) is 5.73 Å². The van der Waals surface area contributed by atoms with E-state index in [4.69, 9.17) is 5.73 Å². The second-order valence-corrected chi connectivity index (χ2v) is 2.63. The number of nitro benzene ring substituents is 1. The van der Waals surface area contributed by atoms with Gasteiger partial charge < -0.3 is 5.73 Å². The Labute approximate surface area is 75.8 Å². The number of hydrogen-bond donors (Lipinski definition) is 1. The van der Waals surface area contributed by atoms with Crippen LogP contribution in [0.2, 0.25) is 0 Å². The molecule has 4 nitrogen and oxygen atoms in total. The van der Waals surface area contributed by atoms with Crippen molar-refractivity contribution in [3.8, 4) is 0 Å². The Kier molecular flexibility index (Phi) is 2.64. The van der Waals surface area contributed by atoms with Crippen LogP contribution in [0.25, 0.3) is 0 Å². The molecule has 0 aliphatic rings. The van der Waals surface area contributed by atoms with Gasteiger partial charge in [0.1, 0.15) is 0 Å². The van der Waals surface area contributed by atoms with E-state index in [0.717, 1.165) is 5.56 Å². The maximum absolute atomic E-state index is 10.4. The van der Waals surface area contributed by atoms with E-state index >= 15 is 0 Å². The molecule has 1 aromatic rings. The molecule has 4 heteroatoms. The normalized spacial score (nSPS) is 9.54. The number of nitrogens with zero attached hydrogens (tertiary/aromatic N) is 1. The zero-order valence-electron chi connectivity index (χ0n) is 7.06. The average Bonchev–Trinajstić information content (AvgIpc) is 2.08. The second-order valence-electron chi connectivity index (χ2n) is 2.63. The molecular formula is C9H10N2O2. The van der Waals surface area contributed by atoms with Crippen molar-refractivity contribution in [1.82, 2.24) is 0 Å². The summed E-state index contributed by atoms with van der Waals surface area (Å²) in [5, 5.41) is 10.4. The predicted molar refractivity (Wildman–Crippen MR) is 51.4 cm³/mol. The minimum Gasteiger partial charge on any atom is -0.398 e. The monoisotopic (exact) mass is 178 g/mol. The van der Waals surface area contributed by atoms with Gasteiger partial charge in [0.15, 0.2) is 0 Å². The van der Waals surface area contributed by atoms with Crippen molar-refractivity contribution in [2.45, 2.75) is 6.42 Å². The lowest BCUT2D eigenvalue weighted by molar-refractivity contribution is -0.384. The number of nitrogens with two attached hydrogens (primary N) is 1. The third-order valence-electron chi connectivity index (χ3n) is 1.70. The van der Waals surface area contributed by atoms with E-state index in [-0.39, 0.29) is 5.69 Å². The highest BCUT2D eigenvalue weighted by Crippen LogP contribution is 2.19. The van der Waals surface area contributed by atoms with E-state index in [1.807, 2.05) is 0 Å². The van der Waals surface area contributed by atoms with Crippen molar-refractivity contribution in [3.63, 3.8) is 0 Å². The predicted octanol–water partition coefficient (Wildman–Crippen LogP) is 1.91. The number of anilines is 1. The van der Waals surface area contributed by atoms with E-state index in [9.17, 15) is 10.1 Å². The van der Waals surface area contributed by atoms with Crippen LogP contribution >= 0.6 is 0 Å². The zero-order chi connectivity index (χ0) is 9.84. The van der Waals surface area contributed by atoms with Crippen molar-refractivity contribution in [1.29, 1.82) is 0 Å². The number of non-ortho nitro benzene ring substituents is 1. The Morgan fingerprint density at radius 1 is 1.62 bits per heavy atom. The van der Waals surface area contributed by atoms with Crippen LogP contribution in [-0.4, -0.2) is 4.92 Å². The number of rotatable bonds is 3. The fourth-order valence-electron chi connectivity index (χ4n) is 1.04. The van der Waals surface area contributed by atoms with Crippen molar-refractivity contribution >= 4 is 11.4 Å². The number of benzene rings is 1. The van der Waals surface area contributed by atoms with Gasteiger partial charge in [0.05, 0.1) is 4.92 Å². The molecule has 0 aromatic heterocycles. The van der Waals surface area contributed by atoms with Crippen molar-refractivity contribution in [2.24, 2.45) is 0 Å². The minimum absolute atomic E-state index is 0.0612. The molecule has 0 fully saturated rings. The maximum atomic E-state index is 10.4. The van der Waals surface area contributed by atoms with Gasteiger partial charge in [0.2, 0.25) is 0 Å². The molecule has 0 amide bonds. The van der Waals surface area contributed by atoms with Gasteiger partial charge in [-0.3, -0.25) is 10.1 Å². The van der Waals surface area contributed by atoms with Gasteiger partial charge in [0.25, 0.3) is 5.69 Å². The molecular weight excluding hydrogens is 168 g/mol. The van der Waals surface area contributed by atoms with Gasteiger partial charge in [-0.05, 0) is 18.1 Å². The first kappa shape index (κ1) is 9.25. The van der Waals surface area contributed by atoms with E-state index in [2.05, 4.69) is 6.58 Å². The first-order chi connectivity index (χ1) is 6.15. The van der Waals surface area contributed by atoms with Gasteiger partial charge in [0, 0.05) is 17.8 Å². The van der Waals surface area contributed by atoms with Crippen LogP contribution in [0.4, 0.5) is 11.4 Å². The van der Waals surface area contributed by atoms with E-state index in [1.165, 1.54) is 18.2 Å². The zero-order valence-corrected chi connectivity index (χ0v) is 7.06. The average molecular weight is 178 g/mol. The molecule has 2 N–H and O–H groups in total. The van der Waals surface area contributed by atoms with Gasteiger partial charge >= 0.3 is 0 Å². The second kappa shape index (κ2) is 3.71. The molecule has 0 aliphatic heterocycles. The van der Waals surface area contributed by atoms with Gasteiger partial charge in [-0.2, -0.15) is 0 Å². The Morgan fingerprint density at radius 3 is 2.85 bits per heavy atom. The summed E-state index contributed by atoms with van der Waals surface area (Å²) in [7, 11) is 0. The summed E-state index contributed by atoms with van der Waals surface area (Å²) in [6, 6.07) is 4.40. The van der Waals surface area contributed by atoms with Crippen LogP contribution in [0.1, 0.15) is 5.56 Å². The maximum Gasteiger partial charge on any atom is 0.269 e. The molecule has 1 rings (SSSR count). The lowest BCUT2D eigenvalue weighted by Crippen LogP contribution is -1.95. The number of nitro groups is 1. The Bertz CT molecular complexity index is 347. The van der Waals surface area contributed by atoms with Crippen LogP contribution in [0.15, 0.2) is 30.9 Å². The first-order valence-electron chi connectivity index (χ1n) is 3.79. The van der Waals surface area contributed by atoms with Crippen molar-refractivity contribution < 1.29 is 4.92 Å². The molecule has 0 heterocycles. The Hall–Kier alpha value is -1.84. The molecule has 68 valence electrons. The third kappa shape index (κ3) is 2.05. The van der Waals surface area contributed by atoms with Crippen LogP contribution in [0.3, 0.4) is 0 Å². The smallest absolute Gasteiger partial charge is 0.269 e. The largest absolute Gasteiger partial charge is 0.398 e. The van der Waals surface area contributed by atoms with E-state index < -0.39 is 4.92 Å². The Balaban J connectivity index is 3.10. The summed E-state index contributed by atoms with van der Waals surface area (Å²) in [6.45, 7) is 3.55. The molecule has 0 aliphatic carbocycles. The van der Waals surface area contributed by atoms with Gasteiger partial charge in [-0.1, -0.05) is 6.08 Å². The lowest BCUT2D eigenvalue weighted by atomic mass is 10.1. The molecule has 0 saturated heterocycles. The quantitative estimate of drug-likeness (QED) is 0.332. The van der Waals surface area contributed by atoms with Gasteiger partial charge in [-0.15, -0.1) is 6.58 Å².